The van der Waals surface area contributed by atoms with Gasteiger partial charge in [0.15, 0.2) is 0 Å². The molecule has 1 aliphatic heterocycles. The highest BCUT2D eigenvalue weighted by Gasteiger charge is 2.37. The molecule has 0 bridgehead atoms. The Morgan fingerprint density at radius 1 is 1.06 bits per heavy atom. The summed E-state index contributed by atoms with van der Waals surface area (Å²) in [5.74, 6) is -1.76. The normalized spacial score (nSPS) is 15.7. The summed E-state index contributed by atoms with van der Waals surface area (Å²) >= 11 is 0. The molecule has 0 aliphatic carbocycles. The first-order valence-corrected chi connectivity index (χ1v) is 10.6. The number of carbonyl (C=O) groups excluding carboxylic acids is 4. The van der Waals surface area contributed by atoms with Crippen molar-refractivity contribution in [1.29, 1.82) is 0 Å². The molecule has 0 spiro atoms. The fourth-order valence-electron chi connectivity index (χ4n) is 3.78. The molecule has 2 aromatic rings. The maximum Gasteiger partial charge on any atom is 0.257 e. The molecule has 3 N–H and O–H groups in total. The summed E-state index contributed by atoms with van der Waals surface area (Å²) in [4.78, 5) is 53.9. The van der Waals surface area contributed by atoms with Crippen molar-refractivity contribution in [2.24, 2.45) is 11.7 Å². The zero-order valence-corrected chi connectivity index (χ0v) is 18.3. The maximum absolute atomic E-state index is 13.5. The van der Waals surface area contributed by atoms with Gasteiger partial charge in [0.2, 0.25) is 17.7 Å². The van der Waals surface area contributed by atoms with Crippen LogP contribution in [0.3, 0.4) is 0 Å². The lowest BCUT2D eigenvalue weighted by Crippen LogP contribution is -2.52. The van der Waals surface area contributed by atoms with Crippen LogP contribution in [0.25, 0.3) is 0 Å². The molecule has 168 valence electrons. The Hall–Kier alpha value is -3.68. The summed E-state index contributed by atoms with van der Waals surface area (Å²) in [6.07, 6.45) is 0.250. The number of carbonyl (C=O) groups is 4. The molecule has 0 saturated carbocycles. The van der Waals surface area contributed by atoms with E-state index in [4.69, 9.17) is 5.73 Å². The van der Waals surface area contributed by atoms with Crippen LogP contribution in [0.5, 0.6) is 0 Å². The number of nitrogens with one attached hydrogen (secondary N) is 1. The number of benzene rings is 2. The molecular weight excluding hydrogens is 408 g/mol. The van der Waals surface area contributed by atoms with Crippen molar-refractivity contribution in [3.05, 3.63) is 65.7 Å². The number of hydrogen-bond donors (Lipinski definition) is 2. The molecule has 0 fully saturated rings. The van der Waals surface area contributed by atoms with E-state index in [-0.39, 0.29) is 31.3 Å². The summed E-state index contributed by atoms with van der Waals surface area (Å²) in [7, 11) is 0. The monoisotopic (exact) mass is 436 g/mol. The van der Waals surface area contributed by atoms with Crippen LogP contribution < -0.4 is 11.1 Å². The fourth-order valence-corrected chi connectivity index (χ4v) is 3.78. The molecule has 8 heteroatoms. The SMILES string of the molecule is CC(C)CN(CC(N)=O)C(=O)CN1C(=O)c2ccccc2NC(=O)[C@@H]1Cc1ccccc1. The van der Waals surface area contributed by atoms with Crippen molar-refractivity contribution in [3.8, 4) is 0 Å². The van der Waals surface area contributed by atoms with Gasteiger partial charge in [0.1, 0.15) is 12.6 Å². The first kappa shape index (κ1) is 23.0. The van der Waals surface area contributed by atoms with Crippen molar-refractivity contribution in [3.63, 3.8) is 0 Å². The number of nitrogens with two attached hydrogens (primary N) is 1. The Morgan fingerprint density at radius 3 is 2.38 bits per heavy atom. The van der Waals surface area contributed by atoms with Crippen LogP contribution in [-0.4, -0.2) is 59.1 Å². The van der Waals surface area contributed by atoms with Crippen LogP contribution in [0.4, 0.5) is 5.69 Å². The Kier molecular flexibility index (Phi) is 7.25. The lowest BCUT2D eigenvalue weighted by molar-refractivity contribution is -0.137. The molecule has 0 radical (unpaired) electrons. The Balaban J connectivity index is 1.95. The average Bonchev–Trinajstić information content (AvgIpc) is 2.84. The molecular formula is C24H28N4O4. The van der Waals surface area contributed by atoms with Crippen molar-refractivity contribution in [1.82, 2.24) is 9.80 Å². The molecule has 0 aromatic heterocycles. The van der Waals surface area contributed by atoms with E-state index >= 15 is 0 Å². The minimum Gasteiger partial charge on any atom is -0.368 e. The highest BCUT2D eigenvalue weighted by molar-refractivity contribution is 6.10. The number of anilines is 1. The largest absolute Gasteiger partial charge is 0.368 e. The molecule has 1 heterocycles. The molecule has 0 unspecified atom stereocenters. The Morgan fingerprint density at radius 2 is 1.72 bits per heavy atom. The van der Waals surface area contributed by atoms with E-state index in [0.29, 0.717) is 17.8 Å². The maximum atomic E-state index is 13.5. The highest BCUT2D eigenvalue weighted by atomic mass is 16.2. The Labute approximate surface area is 187 Å². The van der Waals surface area contributed by atoms with Gasteiger partial charge in [-0.25, -0.2) is 0 Å². The first-order chi connectivity index (χ1) is 15.3. The predicted molar refractivity (Wildman–Crippen MR) is 121 cm³/mol. The second-order valence-electron chi connectivity index (χ2n) is 8.31. The molecule has 2 aromatic carbocycles. The van der Waals surface area contributed by atoms with Gasteiger partial charge < -0.3 is 20.9 Å². The van der Waals surface area contributed by atoms with Crippen LogP contribution in [0.2, 0.25) is 0 Å². The van der Waals surface area contributed by atoms with Crippen LogP contribution in [0.15, 0.2) is 54.6 Å². The summed E-state index contributed by atoms with van der Waals surface area (Å²) in [5, 5.41) is 2.82. The second kappa shape index (κ2) is 10.1. The first-order valence-electron chi connectivity index (χ1n) is 10.6. The summed E-state index contributed by atoms with van der Waals surface area (Å²) in [6.45, 7) is 3.57. The van der Waals surface area contributed by atoms with Crippen LogP contribution in [-0.2, 0) is 20.8 Å². The summed E-state index contributed by atoms with van der Waals surface area (Å²) < 4.78 is 0. The van der Waals surface area contributed by atoms with Gasteiger partial charge in [-0.2, -0.15) is 0 Å². The third-order valence-corrected chi connectivity index (χ3v) is 5.22. The summed E-state index contributed by atoms with van der Waals surface area (Å²) in [5.41, 5.74) is 6.91. The van der Waals surface area contributed by atoms with Gasteiger partial charge in [0, 0.05) is 13.0 Å². The molecule has 4 amide bonds. The third-order valence-electron chi connectivity index (χ3n) is 5.22. The van der Waals surface area contributed by atoms with Crippen LogP contribution in [0, 0.1) is 5.92 Å². The topological polar surface area (TPSA) is 113 Å². The van der Waals surface area contributed by atoms with Gasteiger partial charge in [-0.05, 0) is 23.6 Å². The average molecular weight is 437 g/mol. The predicted octanol–water partition coefficient (Wildman–Crippen LogP) is 1.66. The van der Waals surface area contributed by atoms with E-state index in [1.54, 1.807) is 24.3 Å². The molecule has 1 atom stereocenters. The number of hydrogen-bond acceptors (Lipinski definition) is 4. The minimum absolute atomic E-state index is 0.0993. The highest BCUT2D eigenvalue weighted by Crippen LogP contribution is 2.25. The zero-order chi connectivity index (χ0) is 23.3. The van der Waals surface area contributed by atoms with E-state index in [1.165, 1.54) is 9.80 Å². The molecule has 1 aliphatic rings. The smallest absolute Gasteiger partial charge is 0.257 e. The number of amides is 4. The van der Waals surface area contributed by atoms with Gasteiger partial charge in [0.25, 0.3) is 5.91 Å². The van der Waals surface area contributed by atoms with Gasteiger partial charge in [-0.3, -0.25) is 19.2 Å². The zero-order valence-electron chi connectivity index (χ0n) is 18.3. The van der Waals surface area contributed by atoms with Crippen molar-refractivity contribution in [2.45, 2.75) is 26.3 Å². The van der Waals surface area contributed by atoms with Crippen molar-refractivity contribution >= 4 is 29.3 Å². The number of para-hydroxylation sites is 1. The van der Waals surface area contributed by atoms with Gasteiger partial charge in [-0.1, -0.05) is 56.3 Å². The standard InChI is InChI=1S/C24H28N4O4/c1-16(2)13-27(14-21(25)29)22(30)15-28-20(12-17-8-4-3-5-9-17)23(31)26-19-11-7-6-10-18(19)24(28)32/h3-11,16,20H,12-15H2,1-2H3,(H2,25,29)(H,26,31)/t20-/m0/s1. The number of fused-ring (bicyclic) bond motifs is 1. The second-order valence-corrected chi connectivity index (χ2v) is 8.31. The third kappa shape index (κ3) is 5.51. The lowest BCUT2D eigenvalue weighted by Gasteiger charge is -2.31. The van der Waals surface area contributed by atoms with Gasteiger partial charge in [0.05, 0.1) is 17.8 Å². The van der Waals surface area contributed by atoms with Crippen molar-refractivity contribution < 1.29 is 19.2 Å². The van der Waals surface area contributed by atoms with E-state index in [9.17, 15) is 19.2 Å². The number of nitrogens with zero attached hydrogens (tertiary/aromatic N) is 2. The fraction of sp³-hybridized carbons (Fsp3) is 0.333. The van der Waals surface area contributed by atoms with Crippen molar-refractivity contribution in [2.75, 3.05) is 25.0 Å². The lowest BCUT2D eigenvalue weighted by atomic mass is 10.0. The molecule has 0 saturated heterocycles. The molecule has 3 rings (SSSR count). The minimum atomic E-state index is -0.893. The number of primary amides is 1. The Bertz CT molecular complexity index is 1010. The molecule has 8 nitrogen and oxygen atoms in total. The van der Waals surface area contributed by atoms with Crippen LogP contribution >= 0.6 is 0 Å². The van der Waals surface area contributed by atoms with E-state index in [1.807, 2.05) is 44.2 Å². The van der Waals surface area contributed by atoms with E-state index < -0.39 is 23.8 Å². The number of rotatable bonds is 8. The quantitative estimate of drug-likeness (QED) is 0.655. The van der Waals surface area contributed by atoms with Crippen LogP contribution in [0.1, 0.15) is 29.8 Å². The van der Waals surface area contributed by atoms with E-state index in [2.05, 4.69) is 5.32 Å². The summed E-state index contributed by atoms with van der Waals surface area (Å²) in [6, 6.07) is 15.1. The van der Waals surface area contributed by atoms with Gasteiger partial charge in [-0.15, -0.1) is 0 Å². The molecule has 32 heavy (non-hydrogen) atoms. The van der Waals surface area contributed by atoms with E-state index in [0.717, 1.165) is 5.56 Å². The van der Waals surface area contributed by atoms with Gasteiger partial charge >= 0.3 is 0 Å².